The van der Waals surface area contributed by atoms with Crippen LogP contribution in [0.25, 0.3) is 0 Å². The fraction of sp³-hybridized carbons (Fsp3) is 0.636. The summed E-state index contributed by atoms with van der Waals surface area (Å²) in [5.74, 6) is 0.0924. The number of hydrogen-bond donors (Lipinski definition) is 2. The van der Waals surface area contributed by atoms with Gasteiger partial charge in [0.2, 0.25) is 5.91 Å². The van der Waals surface area contributed by atoms with Crippen molar-refractivity contribution >= 4 is 5.91 Å². The van der Waals surface area contributed by atoms with E-state index in [-0.39, 0.29) is 11.9 Å². The average Bonchev–Trinajstić information content (AvgIpc) is 2.91. The number of carbonyl (C=O) groups is 1. The maximum atomic E-state index is 11.4. The molecule has 1 unspecified atom stereocenters. The fourth-order valence-electron chi connectivity index (χ4n) is 1.53. The van der Waals surface area contributed by atoms with Crippen LogP contribution in [0.2, 0.25) is 0 Å². The van der Waals surface area contributed by atoms with E-state index in [1.54, 1.807) is 6.20 Å². The summed E-state index contributed by atoms with van der Waals surface area (Å²) in [5, 5.41) is 10.2. The van der Waals surface area contributed by atoms with E-state index in [0.717, 1.165) is 19.4 Å². The molecule has 1 aromatic rings. The van der Waals surface area contributed by atoms with Gasteiger partial charge in [-0.15, -0.1) is 0 Å². The van der Waals surface area contributed by atoms with E-state index in [0.29, 0.717) is 12.6 Å². The van der Waals surface area contributed by atoms with Gasteiger partial charge in [0.15, 0.2) is 0 Å². The van der Waals surface area contributed by atoms with Crippen LogP contribution >= 0.6 is 0 Å². The lowest BCUT2D eigenvalue weighted by atomic mass is 10.3. The standard InChI is InChI=1S/C11H18N4O/c1-9(8-15-6-2-5-13-15)12-7-11(16)14-10-3-4-10/h2,5-6,9-10,12H,3-4,7-8H2,1H3,(H,14,16). The van der Waals surface area contributed by atoms with Crippen molar-refractivity contribution in [3.63, 3.8) is 0 Å². The minimum Gasteiger partial charge on any atom is -0.352 e. The molecule has 1 fully saturated rings. The number of carbonyl (C=O) groups excluding carboxylic acids is 1. The van der Waals surface area contributed by atoms with Gasteiger partial charge in [-0.2, -0.15) is 5.10 Å². The zero-order valence-corrected chi connectivity index (χ0v) is 9.52. The van der Waals surface area contributed by atoms with Crippen molar-refractivity contribution in [3.05, 3.63) is 18.5 Å². The SMILES string of the molecule is CC(Cn1cccn1)NCC(=O)NC1CC1. The number of amides is 1. The number of hydrogen-bond acceptors (Lipinski definition) is 3. The lowest BCUT2D eigenvalue weighted by molar-refractivity contribution is -0.120. The van der Waals surface area contributed by atoms with Crippen LogP contribution in [-0.2, 0) is 11.3 Å². The summed E-state index contributed by atoms with van der Waals surface area (Å²) in [6.07, 6.45) is 5.94. The molecule has 0 aliphatic heterocycles. The monoisotopic (exact) mass is 222 g/mol. The molecule has 5 nitrogen and oxygen atoms in total. The van der Waals surface area contributed by atoms with E-state index in [9.17, 15) is 4.79 Å². The highest BCUT2D eigenvalue weighted by atomic mass is 16.2. The van der Waals surface area contributed by atoms with E-state index < -0.39 is 0 Å². The Bertz CT molecular complexity index is 332. The molecule has 0 bridgehead atoms. The smallest absolute Gasteiger partial charge is 0.234 e. The molecule has 1 aliphatic rings. The van der Waals surface area contributed by atoms with Crippen molar-refractivity contribution in [2.75, 3.05) is 6.54 Å². The van der Waals surface area contributed by atoms with E-state index in [1.807, 2.05) is 23.9 Å². The van der Waals surface area contributed by atoms with E-state index in [2.05, 4.69) is 15.7 Å². The second-order valence-corrected chi connectivity index (χ2v) is 4.35. The van der Waals surface area contributed by atoms with Crippen LogP contribution in [0.5, 0.6) is 0 Å². The molecular weight excluding hydrogens is 204 g/mol. The van der Waals surface area contributed by atoms with Crippen LogP contribution in [0.15, 0.2) is 18.5 Å². The molecule has 16 heavy (non-hydrogen) atoms. The maximum absolute atomic E-state index is 11.4. The van der Waals surface area contributed by atoms with Crippen LogP contribution in [0.1, 0.15) is 19.8 Å². The van der Waals surface area contributed by atoms with Gasteiger partial charge in [-0.3, -0.25) is 9.48 Å². The van der Waals surface area contributed by atoms with Crippen LogP contribution in [0, 0.1) is 0 Å². The molecule has 1 atom stereocenters. The summed E-state index contributed by atoms with van der Waals surface area (Å²) in [6, 6.07) is 2.58. The molecule has 1 heterocycles. The first-order chi connectivity index (χ1) is 7.74. The molecule has 88 valence electrons. The number of nitrogens with one attached hydrogen (secondary N) is 2. The first kappa shape index (κ1) is 11.1. The normalized spacial score (nSPS) is 17.1. The highest BCUT2D eigenvalue weighted by Gasteiger charge is 2.22. The molecule has 1 aliphatic carbocycles. The van der Waals surface area contributed by atoms with Crippen molar-refractivity contribution in [3.8, 4) is 0 Å². The first-order valence-electron chi connectivity index (χ1n) is 5.74. The van der Waals surface area contributed by atoms with Gasteiger partial charge >= 0.3 is 0 Å². The molecule has 1 saturated carbocycles. The third-order valence-electron chi connectivity index (χ3n) is 2.57. The molecule has 0 spiro atoms. The number of nitrogens with zero attached hydrogens (tertiary/aromatic N) is 2. The lowest BCUT2D eigenvalue weighted by Crippen LogP contribution is -2.40. The van der Waals surface area contributed by atoms with Gasteiger partial charge in [-0.05, 0) is 25.8 Å². The Hall–Kier alpha value is -1.36. The van der Waals surface area contributed by atoms with Crippen molar-refractivity contribution in [1.82, 2.24) is 20.4 Å². The van der Waals surface area contributed by atoms with Gasteiger partial charge in [0.25, 0.3) is 0 Å². The van der Waals surface area contributed by atoms with Gasteiger partial charge in [0, 0.05) is 24.5 Å². The van der Waals surface area contributed by atoms with Crippen LogP contribution in [-0.4, -0.2) is 34.3 Å². The zero-order valence-electron chi connectivity index (χ0n) is 9.52. The van der Waals surface area contributed by atoms with Crippen molar-refractivity contribution in [1.29, 1.82) is 0 Å². The number of rotatable bonds is 6. The molecule has 2 N–H and O–H groups in total. The first-order valence-corrected chi connectivity index (χ1v) is 5.74. The second-order valence-electron chi connectivity index (χ2n) is 4.35. The molecule has 0 saturated heterocycles. The van der Waals surface area contributed by atoms with E-state index in [1.165, 1.54) is 0 Å². The van der Waals surface area contributed by atoms with Gasteiger partial charge in [-0.25, -0.2) is 0 Å². The molecule has 2 rings (SSSR count). The maximum Gasteiger partial charge on any atom is 0.234 e. The summed E-state index contributed by atoms with van der Waals surface area (Å²) in [5.41, 5.74) is 0. The Morgan fingerprint density at radius 2 is 2.44 bits per heavy atom. The molecule has 1 amide bonds. The highest BCUT2D eigenvalue weighted by molar-refractivity contribution is 5.78. The van der Waals surface area contributed by atoms with E-state index >= 15 is 0 Å². The topological polar surface area (TPSA) is 59.0 Å². The van der Waals surface area contributed by atoms with Crippen molar-refractivity contribution in [2.24, 2.45) is 0 Å². The largest absolute Gasteiger partial charge is 0.352 e. The molecule has 1 aromatic heterocycles. The predicted octanol–water partition coefficient (Wildman–Crippen LogP) is 0.140. The van der Waals surface area contributed by atoms with Gasteiger partial charge < -0.3 is 10.6 Å². The van der Waals surface area contributed by atoms with Gasteiger partial charge in [0.05, 0.1) is 13.1 Å². The molecule has 0 radical (unpaired) electrons. The Balaban J connectivity index is 1.62. The van der Waals surface area contributed by atoms with Crippen molar-refractivity contribution in [2.45, 2.75) is 38.4 Å². The Morgan fingerprint density at radius 1 is 1.62 bits per heavy atom. The van der Waals surface area contributed by atoms with Gasteiger partial charge in [-0.1, -0.05) is 0 Å². The molecule has 0 aromatic carbocycles. The molecule has 5 heteroatoms. The highest BCUT2D eigenvalue weighted by Crippen LogP contribution is 2.18. The van der Waals surface area contributed by atoms with E-state index in [4.69, 9.17) is 0 Å². The average molecular weight is 222 g/mol. The predicted molar refractivity (Wildman–Crippen MR) is 60.9 cm³/mol. The van der Waals surface area contributed by atoms with Crippen molar-refractivity contribution < 1.29 is 4.79 Å². The van der Waals surface area contributed by atoms with Crippen LogP contribution < -0.4 is 10.6 Å². The van der Waals surface area contributed by atoms with Crippen LogP contribution in [0.3, 0.4) is 0 Å². The lowest BCUT2D eigenvalue weighted by Gasteiger charge is -2.13. The summed E-state index contributed by atoms with van der Waals surface area (Å²) >= 11 is 0. The Labute approximate surface area is 95.2 Å². The number of aromatic nitrogens is 2. The summed E-state index contributed by atoms with van der Waals surface area (Å²) < 4.78 is 1.86. The fourth-order valence-corrected chi connectivity index (χ4v) is 1.53. The quantitative estimate of drug-likeness (QED) is 0.720. The minimum atomic E-state index is 0.0924. The Morgan fingerprint density at radius 3 is 3.06 bits per heavy atom. The summed E-state index contributed by atoms with van der Waals surface area (Å²) in [6.45, 7) is 3.22. The minimum absolute atomic E-state index is 0.0924. The summed E-state index contributed by atoms with van der Waals surface area (Å²) in [7, 11) is 0. The third kappa shape index (κ3) is 3.66. The van der Waals surface area contributed by atoms with Crippen LogP contribution in [0.4, 0.5) is 0 Å². The zero-order chi connectivity index (χ0) is 11.4. The third-order valence-corrected chi connectivity index (χ3v) is 2.57. The molecular formula is C11H18N4O. The van der Waals surface area contributed by atoms with Gasteiger partial charge in [0.1, 0.15) is 0 Å². The second kappa shape index (κ2) is 5.12. The Kier molecular flexibility index (Phi) is 3.56. The summed E-state index contributed by atoms with van der Waals surface area (Å²) in [4.78, 5) is 11.4.